The Morgan fingerprint density at radius 2 is 1.30 bits per heavy atom. The Hall–Kier alpha value is -1.89. The van der Waals surface area contributed by atoms with E-state index in [1.54, 1.807) is 0 Å². The molecule has 0 heterocycles. The van der Waals surface area contributed by atoms with Crippen LogP contribution in [0.25, 0.3) is 0 Å². The summed E-state index contributed by atoms with van der Waals surface area (Å²) in [5.41, 5.74) is -0.194. The third kappa shape index (κ3) is 10.8. The van der Waals surface area contributed by atoms with Gasteiger partial charge < -0.3 is 19.3 Å². The van der Waals surface area contributed by atoms with E-state index < -0.39 is 30.4 Å². The van der Waals surface area contributed by atoms with Crippen molar-refractivity contribution in [2.45, 2.75) is 77.2 Å². The van der Waals surface area contributed by atoms with Gasteiger partial charge in [-0.25, -0.2) is 9.59 Å². The van der Waals surface area contributed by atoms with E-state index in [1.165, 1.54) is 39.9 Å². The largest absolute Gasteiger partial charge is 0.469 e. The zero-order chi connectivity index (χ0) is 20.7. The quantitative estimate of drug-likeness (QED) is 0.212. The molecule has 0 rings (SSSR count). The van der Waals surface area contributed by atoms with Gasteiger partial charge in [-0.1, -0.05) is 51.9 Å². The number of carbonyl (C=O) groups excluding carboxylic acids is 3. The van der Waals surface area contributed by atoms with Crippen LogP contribution in [0.1, 0.15) is 71.1 Å². The summed E-state index contributed by atoms with van der Waals surface area (Å²) in [7, 11) is 3.52. The second-order valence-corrected chi connectivity index (χ2v) is 6.46. The topological polar surface area (TPSA) is 99.1 Å². The molecule has 0 aliphatic carbocycles. The highest BCUT2D eigenvalue weighted by atomic mass is 16.5. The number of rotatable bonds is 14. The summed E-state index contributed by atoms with van der Waals surface area (Å²) in [5, 5.41) is 10.3. The summed E-state index contributed by atoms with van der Waals surface area (Å²) in [6.07, 6.45) is 6.99. The Morgan fingerprint density at radius 3 is 1.81 bits per heavy atom. The average molecular weight is 386 g/mol. The number of unbranched alkanes of at least 4 members (excludes halogenated alkanes) is 6. The molecule has 7 heteroatoms. The van der Waals surface area contributed by atoms with Gasteiger partial charge in [0.2, 0.25) is 0 Å². The molecule has 0 fully saturated rings. The molecule has 1 atom stereocenters. The molecule has 27 heavy (non-hydrogen) atoms. The zero-order valence-electron chi connectivity index (χ0n) is 17.0. The van der Waals surface area contributed by atoms with E-state index in [2.05, 4.69) is 16.4 Å². The van der Waals surface area contributed by atoms with Crippen LogP contribution in [0.5, 0.6) is 0 Å². The first-order valence-electron chi connectivity index (χ1n) is 9.54. The maximum Gasteiger partial charge on any atom is 0.334 e. The van der Waals surface area contributed by atoms with Crippen molar-refractivity contribution >= 4 is 17.9 Å². The fraction of sp³-hybridized carbons (Fsp3) is 0.750. The van der Waals surface area contributed by atoms with Gasteiger partial charge in [-0.2, -0.15) is 0 Å². The second kappa shape index (κ2) is 15.2. The molecule has 0 aliphatic rings. The fourth-order valence-electron chi connectivity index (χ4n) is 2.77. The van der Waals surface area contributed by atoms with E-state index in [1.807, 2.05) is 0 Å². The zero-order valence-corrected chi connectivity index (χ0v) is 17.0. The molecule has 0 bridgehead atoms. The first kappa shape index (κ1) is 25.1. The van der Waals surface area contributed by atoms with Crippen LogP contribution in [-0.2, 0) is 28.6 Å². The van der Waals surface area contributed by atoms with E-state index >= 15 is 0 Å². The first-order valence-corrected chi connectivity index (χ1v) is 9.54. The smallest absolute Gasteiger partial charge is 0.334 e. The lowest BCUT2D eigenvalue weighted by molar-refractivity contribution is -0.143. The van der Waals surface area contributed by atoms with Crippen LogP contribution in [0.15, 0.2) is 11.1 Å². The third-order valence-electron chi connectivity index (χ3n) is 4.36. The van der Waals surface area contributed by atoms with E-state index in [0.29, 0.717) is 6.42 Å². The SMILES string of the molecule is CCCCCCCCC[C@@H](O)CC(C(=O)OC)=C(CC(=O)OC)C(=O)OC. The number of methoxy groups -OCH3 is 3. The highest BCUT2D eigenvalue weighted by Gasteiger charge is 2.26. The molecule has 0 aliphatic heterocycles. The second-order valence-electron chi connectivity index (χ2n) is 6.46. The van der Waals surface area contributed by atoms with Crippen molar-refractivity contribution in [1.29, 1.82) is 0 Å². The fourth-order valence-corrected chi connectivity index (χ4v) is 2.77. The summed E-state index contributed by atoms with van der Waals surface area (Å²) < 4.78 is 14.0. The Bertz CT molecular complexity index is 497. The van der Waals surface area contributed by atoms with Gasteiger partial charge in [0.1, 0.15) is 0 Å². The predicted octanol–water partition coefficient (Wildman–Crippen LogP) is 3.08. The lowest BCUT2D eigenvalue weighted by atomic mass is 9.96. The average Bonchev–Trinajstić information content (AvgIpc) is 2.68. The van der Waals surface area contributed by atoms with Crippen molar-refractivity contribution in [2.75, 3.05) is 21.3 Å². The number of hydrogen-bond donors (Lipinski definition) is 1. The predicted molar refractivity (Wildman–Crippen MR) is 101 cm³/mol. The van der Waals surface area contributed by atoms with Crippen molar-refractivity contribution in [2.24, 2.45) is 0 Å². The van der Waals surface area contributed by atoms with Gasteiger partial charge in [-0.05, 0) is 6.42 Å². The number of ether oxygens (including phenoxy) is 3. The van der Waals surface area contributed by atoms with Crippen LogP contribution in [-0.4, -0.2) is 50.4 Å². The highest BCUT2D eigenvalue weighted by molar-refractivity contribution is 6.03. The molecule has 0 saturated carbocycles. The summed E-state index contributed by atoms with van der Waals surface area (Å²) in [6.45, 7) is 2.17. The molecule has 0 unspecified atom stereocenters. The molecule has 156 valence electrons. The normalized spacial score (nSPS) is 12.8. The Balaban J connectivity index is 4.92. The maximum absolute atomic E-state index is 12.1. The standard InChI is InChI=1S/C20H34O7/c1-5-6-7-8-9-10-11-12-15(21)13-16(19(23)26-3)17(20(24)27-4)14-18(22)25-2/h15,21H,5-14H2,1-4H3/t15-/m1/s1. The highest BCUT2D eigenvalue weighted by Crippen LogP contribution is 2.21. The molecule has 7 nitrogen and oxygen atoms in total. The first-order chi connectivity index (χ1) is 12.9. The summed E-state index contributed by atoms with van der Waals surface area (Å²) >= 11 is 0. The third-order valence-corrected chi connectivity index (χ3v) is 4.36. The molecule has 0 spiro atoms. The van der Waals surface area contributed by atoms with Crippen molar-refractivity contribution in [3.8, 4) is 0 Å². The van der Waals surface area contributed by atoms with Gasteiger partial charge in [0.15, 0.2) is 0 Å². The molecule has 0 aromatic rings. The lowest BCUT2D eigenvalue weighted by Crippen LogP contribution is -2.21. The lowest BCUT2D eigenvalue weighted by Gasteiger charge is -2.15. The van der Waals surface area contributed by atoms with Crippen molar-refractivity contribution in [3.05, 3.63) is 11.1 Å². The van der Waals surface area contributed by atoms with Crippen LogP contribution < -0.4 is 0 Å². The minimum Gasteiger partial charge on any atom is -0.469 e. The summed E-state index contributed by atoms with van der Waals surface area (Å²) in [4.78, 5) is 35.7. The molecule has 0 amide bonds. The monoisotopic (exact) mass is 386 g/mol. The number of aliphatic hydroxyl groups is 1. The van der Waals surface area contributed by atoms with E-state index in [4.69, 9.17) is 4.74 Å². The minimum atomic E-state index is -0.816. The molecular weight excluding hydrogens is 352 g/mol. The van der Waals surface area contributed by atoms with Crippen molar-refractivity contribution in [3.63, 3.8) is 0 Å². The van der Waals surface area contributed by atoms with Crippen molar-refractivity contribution in [1.82, 2.24) is 0 Å². The van der Waals surface area contributed by atoms with E-state index in [9.17, 15) is 19.5 Å². The van der Waals surface area contributed by atoms with Gasteiger partial charge in [0, 0.05) is 6.42 Å². The van der Waals surface area contributed by atoms with Gasteiger partial charge in [0.05, 0.1) is 45.0 Å². The number of aliphatic hydroxyl groups excluding tert-OH is 1. The van der Waals surface area contributed by atoms with E-state index in [0.717, 1.165) is 26.4 Å². The Kier molecular flexibility index (Phi) is 14.1. The summed E-state index contributed by atoms with van der Waals surface area (Å²) in [6, 6.07) is 0. The van der Waals surface area contributed by atoms with Crippen LogP contribution in [0, 0.1) is 0 Å². The molecule has 0 radical (unpaired) electrons. The van der Waals surface area contributed by atoms with Crippen LogP contribution in [0.3, 0.4) is 0 Å². The Labute approximate surface area is 162 Å². The molecule has 0 aromatic carbocycles. The maximum atomic E-state index is 12.1. The van der Waals surface area contributed by atoms with Crippen LogP contribution in [0.2, 0.25) is 0 Å². The minimum absolute atomic E-state index is 0.0507. The van der Waals surface area contributed by atoms with E-state index in [-0.39, 0.29) is 17.6 Å². The van der Waals surface area contributed by atoms with Gasteiger partial charge in [0.25, 0.3) is 0 Å². The number of hydrogen-bond acceptors (Lipinski definition) is 7. The Morgan fingerprint density at radius 1 is 0.778 bits per heavy atom. The van der Waals surface area contributed by atoms with Gasteiger partial charge in [-0.3, -0.25) is 4.79 Å². The van der Waals surface area contributed by atoms with Crippen LogP contribution in [0.4, 0.5) is 0 Å². The molecule has 0 saturated heterocycles. The number of esters is 3. The van der Waals surface area contributed by atoms with Gasteiger partial charge >= 0.3 is 17.9 Å². The molecular formula is C20H34O7. The number of carbonyl (C=O) groups is 3. The molecule has 1 N–H and O–H groups in total. The van der Waals surface area contributed by atoms with Gasteiger partial charge in [-0.15, -0.1) is 0 Å². The summed E-state index contributed by atoms with van der Waals surface area (Å²) in [5.74, 6) is -2.26. The van der Waals surface area contributed by atoms with Crippen LogP contribution >= 0.6 is 0 Å². The van der Waals surface area contributed by atoms with Crippen molar-refractivity contribution < 1.29 is 33.7 Å². The molecule has 0 aromatic heterocycles.